The zero-order valence-corrected chi connectivity index (χ0v) is 13.3. The molecule has 2 rings (SSSR count). The third-order valence-electron chi connectivity index (χ3n) is 3.22. The molecular weight excluding hydrogens is 329 g/mol. The summed E-state index contributed by atoms with van der Waals surface area (Å²) in [7, 11) is -3.78. The van der Waals surface area contributed by atoms with Crippen LogP contribution in [0.25, 0.3) is 0 Å². The van der Waals surface area contributed by atoms with Crippen molar-refractivity contribution in [2.24, 2.45) is 0 Å². The van der Waals surface area contributed by atoms with Crippen LogP contribution in [0, 0.1) is 0 Å². The summed E-state index contributed by atoms with van der Waals surface area (Å²) in [5.74, 6) is -0.197. The monoisotopic (exact) mass is 344 g/mol. The lowest BCUT2D eigenvalue weighted by Crippen LogP contribution is -2.17. The molecule has 0 radical (unpaired) electrons. The fourth-order valence-electron chi connectivity index (χ4n) is 1.99. The van der Waals surface area contributed by atoms with Gasteiger partial charge in [-0.2, -0.15) is 0 Å². The first-order valence-electron chi connectivity index (χ1n) is 6.80. The van der Waals surface area contributed by atoms with Gasteiger partial charge in [-0.05, 0) is 47.9 Å². The normalized spacial score (nSPS) is 12.4. The van der Waals surface area contributed by atoms with Crippen LogP contribution < -0.4 is 4.74 Å². The van der Waals surface area contributed by atoms with Crippen molar-refractivity contribution in [2.75, 3.05) is 0 Å². The van der Waals surface area contributed by atoms with Gasteiger partial charge in [-0.1, -0.05) is 26.0 Å². The van der Waals surface area contributed by atoms with Crippen molar-refractivity contribution >= 4 is 9.84 Å². The molecule has 7 heteroatoms. The molecule has 3 nitrogen and oxygen atoms in total. The average Bonchev–Trinajstić information content (AvgIpc) is 2.46. The molecule has 0 aliphatic rings. The highest BCUT2D eigenvalue weighted by molar-refractivity contribution is 7.91. The van der Waals surface area contributed by atoms with Gasteiger partial charge in [0.25, 0.3) is 0 Å². The van der Waals surface area contributed by atoms with Gasteiger partial charge in [0.05, 0.1) is 9.79 Å². The van der Waals surface area contributed by atoms with Crippen molar-refractivity contribution in [1.29, 1.82) is 0 Å². The number of hydrogen-bond donors (Lipinski definition) is 0. The molecule has 0 saturated heterocycles. The highest BCUT2D eigenvalue weighted by Gasteiger charge is 2.31. The van der Waals surface area contributed by atoms with E-state index in [2.05, 4.69) is 4.74 Å². The van der Waals surface area contributed by atoms with Crippen molar-refractivity contribution in [3.8, 4) is 5.75 Å². The number of benzene rings is 2. The predicted molar refractivity (Wildman–Crippen MR) is 79.1 cm³/mol. The molecule has 0 fully saturated rings. The first kappa shape index (κ1) is 17.3. The smallest absolute Gasteiger partial charge is 0.406 e. The highest BCUT2D eigenvalue weighted by Crippen LogP contribution is 2.27. The molecular formula is C16H15F3O3S. The van der Waals surface area contributed by atoms with Crippen LogP contribution in [0.1, 0.15) is 25.3 Å². The maximum absolute atomic E-state index is 12.4. The third kappa shape index (κ3) is 4.25. The summed E-state index contributed by atoms with van der Waals surface area (Å²) >= 11 is 0. The Morgan fingerprint density at radius 2 is 1.30 bits per heavy atom. The topological polar surface area (TPSA) is 43.4 Å². The van der Waals surface area contributed by atoms with Gasteiger partial charge in [-0.3, -0.25) is 0 Å². The minimum Gasteiger partial charge on any atom is -0.406 e. The molecule has 0 saturated carbocycles. The summed E-state index contributed by atoms with van der Waals surface area (Å²) in [4.78, 5) is -0.00397. The molecule has 0 heterocycles. The van der Waals surface area contributed by atoms with Crippen molar-refractivity contribution < 1.29 is 26.3 Å². The van der Waals surface area contributed by atoms with E-state index in [-0.39, 0.29) is 15.7 Å². The Hall–Kier alpha value is -2.02. The minimum absolute atomic E-state index is 0.0892. The SMILES string of the molecule is CC(C)c1ccc(S(=O)(=O)c2ccc(OC(F)(F)F)cc2)cc1. The van der Waals surface area contributed by atoms with Gasteiger partial charge < -0.3 is 4.74 Å². The molecule has 0 spiro atoms. The summed E-state index contributed by atoms with van der Waals surface area (Å²) in [5, 5.41) is 0. The van der Waals surface area contributed by atoms with Crippen LogP contribution in [0.15, 0.2) is 58.3 Å². The molecule has 0 bridgehead atoms. The predicted octanol–water partition coefficient (Wildman–Crippen LogP) is 4.54. The molecule has 2 aromatic rings. The Bertz CT molecular complexity index is 762. The Morgan fingerprint density at radius 3 is 1.70 bits per heavy atom. The van der Waals surface area contributed by atoms with E-state index in [1.807, 2.05) is 13.8 Å². The molecule has 124 valence electrons. The molecule has 0 amide bonds. The van der Waals surface area contributed by atoms with Crippen molar-refractivity contribution in [1.82, 2.24) is 0 Å². The zero-order valence-electron chi connectivity index (χ0n) is 12.5. The first-order valence-corrected chi connectivity index (χ1v) is 8.29. The maximum atomic E-state index is 12.4. The van der Waals surface area contributed by atoms with Crippen molar-refractivity contribution in [3.05, 3.63) is 54.1 Å². The second-order valence-electron chi connectivity index (χ2n) is 5.25. The summed E-state index contributed by atoms with van der Waals surface area (Å²) in [6.45, 7) is 3.98. The molecule has 0 aliphatic carbocycles. The molecule has 2 aromatic carbocycles. The minimum atomic E-state index is -4.81. The van der Waals surface area contributed by atoms with Crippen LogP contribution in [0.2, 0.25) is 0 Å². The number of alkyl halides is 3. The van der Waals surface area contributed by atoms with Gasteiger partial charge in [0.2, 0.25) is 9.84 Å². The summed E-state index contributed by atoms with van der Waals surface area (Å²) in [6.07, 6.45) is -4.81. The lowest BCUT2D eigenvalue weighted by molar-refractivity contribution is -0.274. The molecule has 0 N–H and O–H groups in total. The van der Waals surface area contributed by atoms with E-state index in [4.69, 9.17) is 0 Å². The fourth-order valence-corrected chi connectivity index (χ4v) is 3.25. The second-order valence-corrected chi connectivity index (χ2v) is 7.20. The van der Waals surface area contributed by atoms with E-state index < -0.39 is 21.9 Å². The third-order valence-corrected chi connectivity index (χ3v) is 5.01. The van der Waals surface area contributed by atoms with E-state index in [0.29, 0.717) is 0 Å². The van der Waals surface area contributed by atoms with Gasteiger partial charge in [-0.25, -0.2) is 8.42 Å². The van der Waals surface area contributed by atoms with E-state index in [9.17, 15) is 21.6 Å². The molecule has 0 aliphatic heterocycles. The quantitative estimate of drug-likeness (QED) is 0.818. The van der Waals surface area contributed by atoms with Gasteiger partial charge in [-0.15, -0.1) is 13.2 Å². The molecule has 0 unspecified atom stereocenters. The van der Waals surface area contributed by atoms with E-state index in [1.54, 1.807) is 12.1 Å². The van der Waals surface area contributed by atoms with Crippen LogP contribution >= 0.6 is 0 Å². The Kier molecular flexibility index (Phi) is 4.70. The maximum Gasteiger partial charge on any atom is 0.573 e. The van der Waals surface area contributed by atoms with Crippen LogP contribution in [-0.4, -0.2) is 14.8 Å². The van der Waals surface area contributed by atoms with Crippen LogP contribution in [-0.2, 0) is 9.84 Å². The standard InChI is InChI=1S/C16H15F3O3S/c1-11(2)12-3-7-14(8-4-12)23(20,21)15-9-5-13(6-10-15)22-16(17,18)19/h3-11H,1-2H3. The van der Waals surface area contributed by atoms with Crippen molar-refractivity contribution in [3.63, 3.8) is 0 Å². The number of sulfone groups is 1. The Morgan fingerprint density at radius 1 is 0.870 bits per heavy atom. The Balaban J connectivity index is 2.29. The number of halogens is 3. The van der Waals surface area contributed by atoms with E-state index >= 15 is 0 Å². The summed E-state index contributed by atoms with van der Waals surface area (Å²) in [6, 6.07) is 10.6. The summed E-state index contributed by atoms with van der Waals surface area (Å²) < 4.78 is 64.9. The molecule has 0 aromatic heterocycles. The Labute approximate surface area is 132 Å². The highest BCUT2D eigenvalue weighted by atomic mass is 32.2. The fraction of sp³-hybridized carbons (Fsp3) is 0.250. The molecule has 23 heavy (non-hydrogen) atoms. The van der Waals surface area contributed by atoms with Crippen LogP contribution in [0.3, 0.4) is 0 Å². The van der Waals surface area contributed by atoms with Gasteiger partial charge >= 0.3 is 6.36 Å². The first-order chi connectivity index (χ1) is 10.6. The largest absolute Gasteiger partial charge is 0.573 e. The van der Waals surface area contributed by atoms with Crippen LogP contribution in [0.4, 0.5) is 13.2 Å². The van der Waals surface area contributed by atoms with Crippen LogP contribution in [0.5, 0.6) is 5.75 Å². The number of rotatable bonds is 4. The number of hydrogen-bond acceptors (Lipinski definition) is 3. The average molecular weight is 344 g/mol. The van der Waals surface area contributed by atoms with Gasteiger partial charge in [0.15, 0.2) is 0 Å². The lowest BCUT2D eigenvalue weighted by Gasteiger charge is -2.10. The van der Waals surface area contributed by atoms with E-state index in [0.717, 1.165) is 29.8 Å². The van der Waals surface area contributed by atoms with Crippen molar-refractivity contribution in [2.45, 2.75) is 35.9 Å². The van der Waals surface area contributed by atoms with Gasteiger partial charge in [0, 0.05) is 0 Å². The zero-order chi connectivity index (χ0) is 17.3. The second kappa shape index (κ2) is 6.23. The molecule has 0 atom stereocenters. The lowest BCUT2D eigenvalue weighted by atomic mass is 10.0. The summed E-state index contributed by atoms with van der Waals surface area (Å²) in [5.41, 5.74) is 0.998. The van der Waals surface area contributed by atoms with Gasteiger partial charge in [0.1, 0.15) is 5.75 Å². The van der Waals surface area contributed by atoms with E-state index in [1.165, 1.54) is 12.1 Å². The number of ether oxygens (including phenoxy) is 1.